The maximum atomic E-state index is 13.6. The molecule has 0 spiro atoms. The predicted octanol–water partition coefficient (Wildman–Crippen LogP) is 8.32. The first-order valence-electron chi connectivity index (χ1n) is 16.8. The first kappa shape index (κ1) is 34.2. The monoisotopic (exact) mass is 581 g/mol. The number of unbranched alkanes of at least 4 members (excludes halogenated alkanes) is 3. The maximum Gasteiger partial charge on any atom is 0.236 e. The fourth-order valence-electron chi connectivity index (χ4n) is 6.01. The molecule has 1 saturated heterocycles. The Morgan fingerprint density at radius 2 is 1.76 bits per heavy atom. The standard InChI is InChI=1S/C36H59N3O3/c1-8-11-18-38(19-12-9-2)35(40)26-39-25-32(22-33(39)17-14-29(6)37-24-28(5)30-15-16-30)31-21-27(4)36(34(23-31)41-7)42-20-13-10-3/h21,23-24,30,32-33H,8-20,22,25-26H2,1-7H3/b28-24-,37-29?/t32?,33-/m0/s1. The van der Waals surface area contributed by atoms with Gasteiger partial charge in [0, 0.05) is 37.6 Å². The number of carbonyl (C=O) groups excluding carboxylic acids is 1. The van der Waals surface area contributed by atoms with E-state index in [1.54, 1.807) is 7.11 Å². The number of nitrogens with zero attached hydrogens (tertiary/aromatic N) is 3. The van der Waals surface area contributed by atoms with E-state index >= 15 is 0 Å². The fraction of sp³-hybridized carbons (Fsp3) is 0.722. The minimum atomic E-state index is 0.282. The summed E-state index contributed by atoms with van der Waals surface area (Å²) < 4.78 is 11.9. The largest absolute Gasteiger partial charge is 0.493 e. The molecule has 0 N–H and O–H groups in total. The molecule has 1 aliphatic carbocycles. The molecule has 3 rings (SSSR count). The van der Waals surface area contributed by atoms with Crippen molar-refractivity contribution in [2.24, 2.45) is 10.9 Å². The molecule has 1 unspecified atom stereocenters. The van der Waals surface area contributed by atoms with E-state index in [1.165, 1.54) is 29.7 Å². The lowest BCUT2D eigenvalue weighted by molar-refractivity contribution is -0.132. The molecule has 6 heteroatoms. The lowest BCUT2D eigenvalue weighted by Gasteiger charge is -2.28. The Bertz CT molecular complexity index is 1040. The lowest BCUT2D eigenvalue weighted by Crippen LogP contribution is -2.43. The normalized spacial score (nSPS) is 19.8. The molecule has 0 bridgehead atoms. The Morgan fingerprint density at radius 1 is 1.07 bits per heavy atom. The van der Waals surface area contributed by atoms with Gasteiger partial charge in [0.1, 0.15) is 0 Å². The topological polar surface area (TPSA) is 54.4 Å². The van der Waals surface area contributed by atoms with E-state index in [-0.39, 0.29) is 5.91 Å². The molecule has 1 aliphatic heterocycles. The van der Waals surface area contributed by atoms with E-state index in [1.807, 2.05) is 0 Å². The molecule has 1 heterocycles. The number of carbonyl (C=O) groups is 1. The molecule has 42 heavy (non-hydrogen) atoms. The van der Waals surface area contributed by atoms with Gasteiger partial charge in [-0.3, -0.25) is 14.7 Å². The number of methoxy groups -OCH3 is 1. The number of likely N-dealkylation sites (tertiary alicyclic amines) is 1. The summed E-state index contributed by atoms with van der Waals surface area (Å²) in [5, 5.41) is 0. The van der Waals surface area contributed by atoms with Crippen LogP contribution in [-0.2, 0) is 4.79 Å². The van der Waals surface area contributed by atoms with Gasteiger partial charge in [0.15, 0.2) is 11.5 Å². The van der Waals surface area contributed by atoms with Gasteiger partial charge in [-0.2, -0.15) is 0 Å². The van der Waals surface area contributed by atoms with Crippen molar-refractivity contribution < 1.29 is 14.3 Å². The molecule has 0 aromatic heterocycles. The smallest absolute Gasteiger partial charge is 0.236 e. The van der Waals surface area contributed by atoms with Crippen LogP contribution in [0.2, 0.25) is 0 Å². The van der Waals surface area contributed by atoms with E-state index in [4.69, 9.17) is 14.5 Å². The van der Waals surface area contributed by atoms with Gasteiger partial charge in [-0.05, 0) is 101 Å². The Morgan fingerprint density at radius 3 is 2.38 bits per heavy atom. The zero-order valence-electron chi connectivity index (χ0n) is 27.8. The summed E-state index contributed by atoms with van der Waals surface area (Å²) in [5.74, 6) is 3.07. The van der Waals surface area contributed by atoms with Crippen LogP contribution in [0.3, 0.4) is 0 Å². The van der Waals surface area contributed by atoms with E-state index in [0.717, 1.165) is 100 Å². The summed E-state index contributed by atoms with van der Waals surface area (Å²) >= 11 is 0. The van der Waals surface area contributed by atoms with Crippen LogP contribution in [0.4, 0.5) is 0 Å². The van der Waals surface area contributed by atoms with Crippen molar-refractivity contribution >= 4 is 11.6 Å². The molecule has 1 saturated carbocycles. The van der Waals surface area contributed by atoms with E-state index < -0.39 is 0 Å². The number of hydrogen-bond acceptors (Lipinski definition) is 5. The van der Waals surface area contributed by atoms with Gasteiger partial charge in [-0.15, -0.1) is 0 Å². The van der Waals surface area contributed by atoms with Crippen LogP contribution in [0.15, 0.2) is 28.9 Å². The Kier molecular flexibility index (Phi) is 14.4. The number of aliphatic imine (C=N–C) groups is 1. The number of hydrogen-bond donors (Lipinski definition) is 0. The molecule has 2 fully saturated rings. The summed E-state index contributed by atoms with van der Waals surface area (Å²) in [4.78, 5) is 23.0. The van der Waals surface area contributed by atoms with Gasteiger partial charge in [0.25, 0.3) is 0 Å². The zero-order chi connectivity index (χ0) is 30.5. The number of amides is 1. The van der Waals surface area contributed by atoms with Crippen molar-refractivity contribution in [3.8, 4) is 11.5 Å². The minimum Gasteiger partial charge on any atom is -0.493 e. The summed E-state index contributed by atoms with van der Waals surface area (Å²) in [6.07, 6.45) is 14.2. The van der Waals surface area contributed by atoms with Gasteiger partial charge in [-0.25, -0.2) is 0 Å². The van der Waals surface area contributed by atoms with E-state index in [9.17, 15) is 4.79 Å². The van der Waals surface area contributed by atoms with Crippen LogP contribution < -0.4 is 9.47 Å². The predicted molar refractivity (Wildman–Crippen MR) is 176 cm³/mol. The lowest BCUT2D eigenvalue weighted by atomic mass is 9.93. The van der Waals surface area contributed by atoms with Crippen molar-refractivity contribution in [2.45, 2.75) is 124 Å². The average molecular weight is 582 g/mol. The van der Waals surface area contributed by atoms with Crippen molar-refractivity contribution in [1.82, 2.24) is 9.80 Å². The third-order valence-corrected chi connectivity index (χ3v) is 9.03. The van der Waals surface area contributed by atoms with Crippen LogP contribution in [0.5, 0.6) is 11.5 Å². The van der Waals surface area contributed by atoms with Gasteiger partial charge in [-0.1, -0.05) is 51.7 Å². The summed E-state index contributed by atoms with van der Waals surface area (Å²) in [6, 6.07) is 4.81. The summed E-state index contributed by atoms with van der Waals surface area (Å²) in [5.41, 5.74) is 5.00. The Labute approximate surface area is 256 Å². The first-order valence-corrected chi connectivity index (χ1v) is 16.8. The number of allylic oxidation sites excluding steroid dienone is 1. The second-order valence-corrected chi connectivity index (χ2v) is 12.7. The molecule has 2 atom stereocenters. The molecular weight excluding hydrogens is 522 g/mol. The molecular formula is C36H59N3O3. The quantitative estimate of drug-likeness (QED) is 0.122. The van der Waals surface area contributed by atoms with Gasteiger partial charge in [0.05, 0.1) is 20.3 Å². The zero-order valence-corrected chi connectivity index (χ0v) is 27.8. The highest BCUT2D eigenvalue weighted by Gasteiger charge is 2.35. The highest BCUT2D eigenvalue weighted by molar-refractivity contribution is 5.82. The molecule has 1 aromatic carbocycles. The van der Waals surface area contributed by atoms with E-state index in [0.29, 0.717) is 25.1 Å². The first-order chi connectivity index (χ1) is 20.3. The van der Waals surface area contributed by atoms with Crippen molar-refractivity contribution in [2.75, 3.05) is 39.9 Å². The maximum absolute atomic E-state index is 13.6. The van der Waals surface area contributed by atoms with Gasteiger partial charge < -0.3 is 14.4 Å². The summed E-state index contributed by atoms with van der Waals surface area (Å²) in [7, 11) is 1.73. The van der Waals surface area contributed by atoms with E-state index in [2.05, 4.69) is 69.7 Å². The Balaban J connectivity index is 1.77. The summed E-state index contributed by atoms with van der Waals surface area (Å²) in [6.45, 7) is 16.9. The minimum absolute atomic E-state index is 0.282. The molecule has 6 nitrogen and oxygen atoms in total. The number of aryl methyl sites for hydroxylation is 1. The Hall–Kier alpha value is -2.34. The SMILES string of the molecule is CCCCOc1c(C)cc(C2C[C@H](CCC(C)=N/C=C(/C)C3CC3)N(CC(=O)N(CCCC)CCCC)C2)cc1OC. The van der Waals surface area contributed by atoms with Crippen LogP contribution in [0.1, 0.15) is 122 Å². The highest BCUT2D eigenvalue weighted by Crippen LogP contribution is 2.40. The highest BCUT2D eigenvalue weighted by atomic mass is 16.5. The van der Waals surface area contributed by atoms with Crippen molar-refractivity contribution in [1.29, 1.82) is 0 Å². The average Bonchev–Trinajstić information content (AvgIpc) is 3.76. The van der Waals surface area contributed by atoms with Crippen LogP contribution in [0, 0.1) is 12.8 Å². The molecule has 2 aliphatic rings. The van der Waals surface area contributed by atoms with Gasteiger partial charge in [0.2, 0.25) is 5.91 Å². The van der Waals surface area contributed by atoms with Crippen LogP contribution in [-0.4, -0.2) is 67.4 Å². The molecule has 0 radical (unpaired) electrons. The van der Waals surface area contributed by atoms with Crippen LogP contribution >= 0.6 is 0 Å². The number of rotatable bonds is 19. The molecule has 236 valence electrons. The number of benzene rings is 1. The van der Waals surface area contributed by atoms with Crippen LogP contribution in [0.25, 0.3) is 0 Å². The molecule has 1 aromatic rings. The third kappa shape index (κ3) is 10.4. The van der Waals surface area contributed by atoms with Gasteiger partial charge >= 0.3 is 0 Å². The number of ether oxygens (including phenoxy) is 2. The second kappa shape index (κ2) is 17.7. The molecule has 1 amide bonds. The van der Waals surface area contributed by atoms with Crippen molar-refractivity contribution in [3.63, 3.8) is 0 Å². The third-order valence-electron chi connectivity index (χ3n) is 9.03. The van der Waals surface area contributed by atoms with Crippen molar-refractivity contribution in [3.05, 3.63) is 35.0 Å². The second-order valence-electron chi connectivity index (χ2n) is 12.7. The fourth-order valence-corrected chi connectivity index (χ4v) is 6.01.